The lowest BCUT2D eigenvalue weighted by atomic mass is 10.2. The average Bonchev–Trinajstić information content (AvgIpc) is 3.20. The van der Waals surface area contributed by atoms with Crippen LogP contribution in [0.2, 0.25) is 0 Å². The van der Waals surface area contributed by atoms with Crippen LogP contribution in [-0.4, -0.2) is 49.6 Å². The Kier molecular flexibility index (Phi) is 6.80. The molecule has 0 radical (unpaired) electrons. The van der Waals surface area contributed by atoms with Gasteiger partial charge in [-0.15, -0.1) is 5.10 Å². The van der Waals surface area contributed by atoms with E-state index < -0.39 is 0 Å². The standard InChI is InChI=1S/C19H19N5O4S/c1-2-11-28-18(27)13-3-5-14(6-4-13)20-17(26)12-29-19-21-22-23-24(19)15-7-9-16(25)10-8-15/h3-10,25H,2,11-12H2,1H3,(H,20,26). The fourth-order valence-corrected chi connectivity index (χ4v) is 3.01. The van der Waals surface area contributed by atoms with Crippen LogP contribution in [-0.2, 0) is 9.53 Å². The predicted octanol–water partition coefficient (Wildman–Crippen LogP) is 2.67. The molecule has 150 valence electrons. The largest absolute Gasteiger partial charge is 0.508 e. The molecule has 2 N–H and O–H groups in total. The molecule has 0 spiro atoms. The van der Waals surface area contributed by atoms with E-state index in [2.05, 4.69) is 20.8 Å². The van der Waals surface area contributed by atoms with Crippen molar-refractivity contribution in [2.45, 2.75) is 18.5 Å². The van der Waals surface area contributed by atoms with Crippen molar-refractivity contribution in [1.82, 2.24) is 20.2 Å². The third-order valence-electron chi connectivity index (χ3n) is 3.71. The number of carbonyl (C=O) groups excluding carboxylic acids is 2. The highest BCUT2D eigenvalue weighted by molar-refractivity contribution is 7.99. The maximum Gasteiger partial charge on any atom is 0.338 e. The lowest BCUT2D eigenvalue weighted by molar-refractivity contribution is -0.113. The second-order valence-corrected chi connectivity index (χ2v) is 6.88. The minimum Gasteiger partial charge on any atom is -0.508 e. The first-order valence-corrected chi connectivity index (χ1v) is 9.83. The zero-order valence-corrected chi connectivity index (χ0v) is 16.4. The molecule has 0 saturated carbocycles. The van der Waals surface area contributed by atoms with Crippen molar-refractivity contribution in [3.63, 3.8) is 0 Å². The summed E-state index contributed by atoms with van der Waals surface area (Å²) in [5.41, 5.74) is 1.67. The Labute approximate surface area is 171 Å². The maximum absolute atomic E-state index is 12.2. The van der Waals surface area contributed by atoms with Crippen LogP contribution in [0.25, 0.3) is 5.69 Å². The lowest BCUT2D eigenvalue weighted by Crippen LogP contribution is -2.15. The van der Waals surface area contributed by atoms with Crippen molar-refractivity contribution in [3.05, 3.63) is 54.1 Å². The van der Waals surface area contributed by atoms with Crippen molar-refractivity contribution in [3.8, 4) is 11.4 Å². The zero-order chi connectivity index (χ0) is 20.6. The number of hydrogen-bond donors (Lipinski definition) is 2. The average molecular weight is 413 g/mol. The Morgan fingerprint density at radius 1 is 1.14 bits per heavy atom. The van der Waals surface area contributed by atoms with Crippen LogP contribution >= 0.6 is 11.8 Å². The number of benzene rings is 2. The number of phenols is 1. The fraction of sp³-hybridized carbons (Fsp3) is 0.211. The summed E-state index contributed by atoms with van der Waals surface area (Å²) in [4.78, 5) is 24.0. The second kappa shape index (κ2) is 9.69. The van der Waals surface area contributed by atoms with Crippen LogP contribution in [0, 0.1) is 0 Å². The van der Waals surface area contributed by atoms with E-state index in [9.17, 15) is 14.7 Å². The molecule has 0 atom stereocenters. The van der Waals surface area contributed by atoms with Gasteiger partial charge in [0.05, 0.1) is 23.6 Å². The quantitative estimate of drug-likeness (QED) is 0.427. The number of ether oxygens (including phenoxy) is 1. The van der Waals surface area contributed by atoms with Gasteiger partial charge in [0.25, 0.3) is 0 Å². The molecule has 3 aromatic rings. The summed E-state index contributed by atoms with van der Waals surface area (Å²) < 4.78 is 6.55. The Morgan fingerprint density at radius 2 is 1.86 bits per heavy atom. The molecule has 1 amide bonds. The SMILES string of the molecule is CCCOC(=O)c1ccc(NC(=O)CSc2nnnn2-c2ccc(O)cc2)cc1. The fourth-order valence-electron chi connectivity index (χ4n) is 2.32. The van der Waals surface area contributed by atoms with Crippen LogP contribution < -0.4 is 5.32 Å². The molecule has 0 fully saturated rings. The van der Waals surface area contributed by atoms with E-state index in [0.717, 1.165) is 6.42 Å². The van der Waals surface area contributed by atoms with Gasteiger partial charge in [-0.05, 0) is 65.4 Å². The molecule has 10 heteroatoms. The van der Waals surface area contributed by atoms with Crippen LogP contribution in [0.1, 0.15) is 23.7 Å². The third-order valence-corrected chi connectivity index (χ3v) is 4.63. The number of carbonyl (C=O) groups is 2. The molecule has 1 heterocycles. The highest BCUT2D eigenvalue weighted by Crippen LogP contribution is 2.20. The van der Waals surface area contributed by atoms with Gasteiger partial charge in [-0.2, -0.15) is 4.68 Å². The zero-order valence-electron chi connectivity index (χ0n) is 15.6. The molecule has 0 unspecified atom stereocenters. The number of nitrogens with one attached hydrogen (secondary N) is 1. The first-order chi connectivity index (χ1) is 14.1. The number of rotatable bonds is 8. The van der Waals surface area contributed by atoms with Crippen molar-refractivity contribution < 1.29 is 19.4 Å². The number of hydrogen-bond acceptors (Lipinski definition) is 8. The van der Waals surface area contributed by atoms with Gasteiger partial charge in [-0.3, -0.25) is 4.79 Å². The Morgan fingerprint density at radius 3 is 2.55 bits per heavy atom. The van der Waals surface area contributed by atoms with Gasteiger partial charge in [-0.25, -0.2) is 4.79 Å². The summed E-state index contributed by atoms with van der Waals surface area (Å²) >= 11 is 1.18. The first kappa shape index (κ1) is 20.3. The number of thioether (sulfide) groups is 1. The lowest BCUT2D eigenvalue weighted by Gasteiger charge is -2.07. The van der Waals surface area contributed by atoms with E-state index in [1.165, 1.54) is 28.6 Å². The number of tetrazole rings is 1. The predicted molar refractivity (Wildman–Crippen MR) is 107 cm³/mol. The van der Waals surface area contributed by atoms with Gasteiger partial charge < -0.3 is 15.2 Å². The van der Waals surface area contributed by atoms with Gasteiger partial charge in [0.2, 0.25) is 11.1 Å². The van der Waals surface area contributed by atoms with E-state index in [4.69, 9.17) is 4.74 Å². The van der Waals surface area contributed by atoms with Crippen LogP contribution in [0.3, 0.4) is 0 Å². The second-order valence-electron chi connectivity index (χ2n) is 5.94. The van der Waals surface area contributed by atoms with Gasteiger partial charge in [0, 0.05) is 5.69 Å². The van der Waals surface area contributed by atoms with E-state index in [-0.39, 0.29) is 23.4 Å². The highest BCUT2D eigenvalue weighted by Gasteiger charge is 2.12. The third kappa shape index (κ3) is 5.55. The number of aromatic nitrogens is 4. The molecular formula is C19H19N5O4S. The summed E-state index contributed by atoms with van der Waals surface area (Å²) in [7, 11) is 0. The highest BCUT2D eigenvalue weighted by atomic mass is 32.2. The number of esters is 1. The van der Waals surface area contributed by atoms with E-state index in [1.54, 1.807) is 36.4 Å². The Bertz CT molecular complexity index is 973. The van der Waals surface area contributed by atoms with Crippen LogP contribution in [0.4, 0.5) is 5.69 Å². The van der Waals surface area contributed by atoms with Gasteiger partial charge in [-0.1, -0.05) is 18.7 Å². The summed E-state index contributed by atoms with van der Waals surface area (Å²) in [5.74, 6) is -0.392. The molecule has 0 aliphatic heterocycles. The number of nitrogens with zero attached hydrogens (tertiary/aromatic N) is 4. The van der Waals surface area contributed by atoms with Gasteiger partial charge in [0.1, 0.15) is 5.75 Å². The minimum absolute atomic E-state index is 0.0960. The van der Waals surface area contributed by atoms with E-state index in [0.29, 0.717) is 28.7 Å². The Hall–Kier alpha value is -3.40. The Balaban J connectivity index is 1.55. The normalized spacial score (nSPS) is 10.5. The summed E-state index contributed by atoms with van der Waals surface area (Å²) in [5, 5.41) is 24.0. The number of aromatic hydroxyl groups is 1. The number of amides is 1. The molecular weight excluding hydrogens is 394 g/mol. The monoisotopic (exact) mass is 413 g/mol. The van der Waals surface area contributed by atoms with E-state index in [1.807, 2.05) is 6.92 Å². The van der Waals surface area contributed by atoms with Crippen LogP contribution in [0.5, 0.6) is 5.75 Å². The molecule has 2 aromatic carbocycles. The molecule has 9 nitrogen and oxygen atoms in total. The van der Waals surface area contributed by atoms with E-state index >= 15 is 0 Å². The van der Waals surface area contributed by atoms with Crippen molar-refractivity contribution in [2.75, 3.05) is 17.7 Å². The summed E-state index contributed by atoms with van der Waals surface area (Å²) in [6, 6.07) is 12.9. The van der Waals surface area contributed by atoms with Crippen LogP contribution in [0.15, 0.2) is 53.7 Å². The van der Waals surface area contributed by atoms with Crippen molar-refractivity contribution in [2.24, 2.45) is 0 Å². The molecule has 3 rings (SSSR count). The molecule has 0 aliphatic rings. The molecule has 0 saturated heterocycles. The first-order valence-electron chi connectivity index (χ1n) is 8.84. The maximum atomic E-state index is 12.2. The summed E-state index contributed by atoms with van der Waals surface area (Å²) in [6.45, 7) is 2.30. The van der Waals surface area contributed by atoms with Gasteiger partial charge >= 0.3 is 5.97 Å². The molecule has 0 aliphatic carbocycles. The van der Waals surface area contributed by atoms with Crippen molar-refractivity contribution >= 4 is 29.3 Å². The number of anilines is 1. The minimum atomic E-state index is -0.388. The summed E-state index contributed by atoms with van der Waals surface area (Å²) in [6.07, 6.45) is 0.758. The van der Waals surface area contributed by atoms with Crippen molar-refractivity contribution in [1.29, 1.82) is 0 Å². The smallest absolute Gasteiger partial charge is 0.338 e. The molecule has 29 heavy (non-hydrogen) atoms. The topological polar surface area (TPSA) is 119 Å². The molecule has 0 bridgehead atoms. The van der Waals surface area contributed by atoms with Gasteiger partial charge in [0.15, 0.2) is 0 Å². The number of phenolic OH excluding ortho intramolecular Hbond substituents is 1. The molecule has 1 aromatic heterocycles.